The van der Waals surface area contributed by atoms with Crippen LogP contribution in [-0.4, -0.2) is 52.2 Å². The lowest BCUT2D eigenvalue weighted by atomic mass is 9.99. The Morgan fingerprint density at radius 3 is 2.62 bits per heavy atom. The van der Waals surface area contributed by atoms with Gasteiger partial charge in [-0.25, -0.2) is 4.39 Å². The molecule has 0 saturated carbocycles. The molecule has 3 N–H and O–H groups in total. The Hall–Kier alpha value is -4.30. The lowest BCUT2D eigenvalue weighted by molar-refractivity contribution is 0.102. The highest BCUT2D eigenvalue weighted by atomic mass is 19.1. The van der Waals surface area contributed by atoms with Gasteiger partial charge in [0.25, 0.3) is 5.91 Å². The van der Waals surface area contributed by atoms with Crippen molar-refractivity contribution in [3.05, 3.63) is 95.7 Å². The number of dihydropyridines is 1. The van der Waals surface area contributed by atoms with Crippen molar-refractivity contribution in [3.63, 3.8) is 0 Å². The largest absolute Gasteiger partial charge is 0.387 e. The number of benzene rings is 2. The third-order valence-corrected chi connectivity index (χ3v) is 6.85. The zero-order valence-corrected chi connectivity index (χ0v) is 20.3. The summed E-state index contributed by atoms with van der Waals surface area (Å²) in [6.45, 7) is 4.00. The van der Waals surface area contributed by atoms with Crippen molar-refractivity contribution in [1.82, 2.24) is 25.4 Å². The fourth-order valence-corrected chi connectivity index (χ4v) is 4.92. The van der Waals surface area contributed by atoms with Gasteiger partial charge in [-0.2, -0.15) is 5.10 Å². The van der Waals surface area contributed by atoms with Crippen LogP contribution in [0.3, 0.4) is 0 Å². The molecule has 7 nitrogen and oxygen atoms in total. The summed E-state index contributed by atoms with van der Waals surface area (Å²) in [6.07, 6.45) is 8.49. The number of fused-ring (bicyclic) bond motifs is 1. The summed E-state index contributed by atoms with van der Waals surface area (Å²) in [7, 11) is 0. The fourth-order valence-electron chi connectivity index (χ4n) is 4.92. The smallest absolute Gasteiger partial charge is 0.276 e. The van der Waals surface area contributed by atoms with Gasteiger partial charge in [0.05, 0.1) is 23.1 Å². The van der Waals surface area contributed by atoms with Crippen LogP contribution in [0.15, 0.2) is 78.6 Å². The SMILES string of the molecule is O=C(Nc1ccc(-c2ccc(F)cc2)nc1)c1n[nH]c2ccc(C3=CC(CN4CCCC4)=CNC3)cc12. The van der Waals surface area contributed by atoms with Crippen molar-refractivity contribution < 1.29 is 9.18 Å². The number of amides is 1. The van der Waals surface area contributed by atoms with E-state index < -0.39 is 0 Å². The molecular formula is C29H27FN6O. The molecule has 186 valence electrons. The van der Waals surface area contributed by atoms with Gasteiger partial charge in [-0.15, -0.1) is 0 Å². The normalized spacial score (nSPS) is 15.8. The van der Waals surface area contributed by atoms with Gasteiger partial charge in [0.1, 0.15) is 5.82 Å². The molecule has 1 amide bonds. The molecule has 6 rings (SSSR count). The molecule has 4 heterocycles. The van der Waals surface area contributed by atoms with Gasteiger partial charge in [0, 0.05) is 30.2 Å². The molecule has 0 spiro atoms. The highest BCUT2D eigenvalue weighted by molar-refractivity contribution is 6.11. The van der Waals surface area contributed by atoms with Crippen LogP contribution >= 0.6 is 0 Å². The second kappa shape index (κ2) is 9.99. The highest BCUT2D eigenvalue weighted by Crippen LogP contribution is 2.26. The molecule has 0 aliphatic carbocycles. The molecule has 0 bridgehead atoms. The van der Waals surface area contributed by atoms with Crippen LogP contribution in [0.2, 0.25) is 0 Å². The Balaban J connectivity index is 1.20. The summed E-state index contributed by atoms with van der Waals surface area (Å²) >= 11 is 0. The van der Waals surface area contributed by atoms with Gasteiger partial charge >= 0.3 is 0 Å². The van der Waals surface area contributed by atoms with E-state index >= 15 is 0 Å². The molecule has 0 unspecified atom stereocenters. The first-order chi connectivity index (χ1) is 18.1. The molecule has 1 fully saturated rings. The number of anilines is 1. The maximum absolute atomic E-state index is 13.2. The lowest BCUT2D eigenvalue weighted by Gasteiger charge is -2.20. The number of nitrogens with zero attached hydrogens (tertiary/aromatic N) is 3. The van der Waals surface area contributed by atoms with E-state index in [2.05, 4.69) is 49.1 Å². The second-order valence-electron chi connectivity index (χ2n) is 9.48. The lowest BCUT2D eigenvalue weighted by Crippen LogP contribution is -2.24. The summed E-state index contributed by atoms with van der Waals surface area (Å²) in [4.78, 5) is 20.0. The monoisotopic (exact) mass is 494 g/mol. The number of H-pyrrole nitrogens is 1. The number of rotatable bonds is 6. The van der Waals surface area contributed by atoms with Gasteiger partial charge in [0.2, 0.25) is 0 Å². The number of halogens is 1. The molecule has 2 aromatic carbocycles. The second-order valence-corrected chi connectivity index (χ2v) is 9.48. The first-order valence-corrected chi connectivity index (χ1v) is 12.5. The van der Waals surface area contributed by atoms with E-state index in [0.29, 0.717) is 17.1 Å². The molecule has 2 aliphatic heterocycles. The van der Waals surface area contributed by atoms with Crippen LogP contribution in [0.1, 0.15) is 28.9 Å². The standard InChI is InChI=1S/C29H27FN6O/c30-23-6-3-20(4-7-23)26-10-8-24(17-32-26)33-29(37)28-25-14-21(5-9-27(25)34-35-28)22-13-19(15-31-16-22)18-36-11-1-2-12-36/h3-10,13-15,17,31H,1-2,11-12,16,18H2,(H,33,37)(H,34,35). The zero-order chi connectivity index (χ0) is 25.2. The predicted octanol–water partition coefficient (Wildman–Crippen LogP) is 4.98. The molecule has 0 radical (unpaired) electrons. The van der Waals surface area contributed by atoms with Gasteiger partial charge in [-0.3, -0.25) is 19.8 Å². The van der Waals surface area contributed by atoms with E-state index in [1.165, 1.54) is 36.1 Å². The maximum atomic E-state index is 13.2. The van der Waals surface area contributed by atoms with Gasteiger partial charge in [-0.1, -0.05) is 12.1 Å². The van der Waals surface area contributed by atoms with E-state index in [-0.39, 0.29) is 11.7 Å². The number of likely N-dealkylation sites (tertiary alicyclic amines) is 1. The first-order valence-electron chi connectivity index (χ1n) is 12.5. The minimum Gasteiger partial charge on any atom is -0.387 e. The van der Waals surface area contributed by atoms with Crippen molar-refractivity contribution in [1.29, 1.82) is 0 Å². The predicted molar refractivity (Wildman–Crippen MR) is 143 cm³/mol. The minimum atomic E-state index is -0.315. The average Bonchev–Trinajstić information content (AvgIpc) is 3.59. The van der Waals surface area contributed by atoms with Crippen LogP contribution < -0.4 is 10.6 Å². The Kier molecular flexibility index (Phi) is 6.24. The van der Waals surface area contributed by atoms with E-state index in [1.54, 1.807) is 30.5 Å². The quantitative estimate of drug-likeness (QED) is 0.352. The van der Waals surface area contributed by atoms with Crippen molar-refractivity contribution in [2.24, 2.45) is 0 Å². The summed E-state index contributed by atoms with van der Waals surface area (Å²) in [5.41, 5.74) is 6.70. The van der Waals surface area contributed by atoms with Crippen molar-refractivity contribution in [3.8, 4) is 11.3 Å². The topological polar surface area (TPSA) is 85.9 Å². The fraction of sp³-hybridized carbons (Fsp3) is 0.207. The van der Waals surface area contributed by atoms with Crippen molar-refractivity contribution in [2.45, 2.75) is 12.8 Å². The van der Waals surface area contributed by atoms with Crippen LogP contribution in [0.4, 0.5) is 10.1 Å². The molecule has 8 heteroatoms. The summed E-state index contributed by atoms with van der Waals surface area (Å²) < 4.78 is 13.2. The Bertz CT molecular complexity index is 1500. The molecule has 0 atom stereocenters. The number of nitrogens with one attached hydrogen (secondary N) is 3. The third-order valence-electron chi connectivity index (χ3n) is 6.85. The maximum Gasteiger partial charge on any atom is 0.276 e. The van der Waals surface area contributed by atoms with E-state index in [0.717, 1.165) is 48.2 Å². The first kappa shape index (κ1) is 23.1. The van der Waals surface area contributed by atoms with E-state index in [4.69, 9.17) is 0 Å². The molecule has 1 saturated heterocycles. The van der Waals surface area contributed by atoms with Crippen LogP contribution in [0.25, 0.3) is 27.7 Å². The minimum absolute atomic E-state index is 0.294. The van der Waals surface area contributed by atoms with Crippen molar-refractivity contribution >= 4 is 28.1 Å². The van der Waals surface area contributed by atoms with Crippen LogP contribution in [0.5, 0.6) is 0 Å². The van der Waals surface area contributed by atoms with E-state index in [1.807, 2.05) is 12.1 Å². The Morgan fingerprint density at radius 2 is 1.84 bits per heavy atom. The van der Waals surface area contributed by atoms with Crippen molar-refractivity contribution in [2.75, 3.05) is 31.5 Å². The molecular weight excluding hydrogens is 467 g/mol. The number of hydrogen-bond donors (Lipinski definition) is 3. The Labute approximate surface area is 214 Å². The number of carbonyl (C=O) groups excluding carboxylic acids is 1. The number of aromatic amines is 1. The number of pyridine rings is 1. The highest BCUT2D eigenvalue weighted by Gasteiger charge is 2.18. The Morgan fingerprint density at radius 1 is 1.03 bits per heavy atom. The molecule has 37 heavy (non-hydrogen) atoms. The van der Waals surface area contributed by atoms with Crippen LogP contribution in [0, 0.1) is 5.82 Å². The summed E-state index contributed by atoms with van der Waals surface area (Å²) in [6, 6.07) is 15.8. The average molecular weight is 495 g/mol. The zero-order valence-electron chi connectivity index (χ0n) is 20.3. The number of carbonyl (C=O) groups is 1. The summed E-state index contributed by atoms with van der Waals surface area (Å²) in [5.74, 6) is -0.609. The summed E-state index contributed by atoms with van der Waals surface area (Å²) in [5, 5.41) is 14.3. The number of aromatic nitrogens is 3. The van der Waals surface area contributed by atoms with E-state index in [9.17, 15) is 9.18 Å². The van der Waals surface area contributed by atoms with Gasteiger partial charge in [-0.05, 0) is 91.2 Å². The number of hydrogen-bond acceptors (Lipinski definition) is 5. The van der Waals surface area contributed by atoms with Gasteiger partial charge in [0.15, 0.2) is 5.69 Å². The van der Waals surface area contributed by atoms with Gasteiger partial charge < -0.3 is 10.6 Å². The third kappa shape index (κ3) is 5.01. The molecule has 2 aromatic heterocycles. The van der Waals surface area contributed by atoms with Crippen LogP contribution in [-0.2, 0) is 0 Å². The molecule has 4 aromatic rings. The molecule has 2 aliphatic rings.